The van der Waals surface area contributed by atoms with Crippen molar-refractivity contribution < 1.29 is 9.32 Å². The van der Waals surface area contributed by atoms with Crippen LogP contribution < -0.4 is 16.8 Å². The monoisotopic (exact) mass is 457 g/mol. The maximum atomic E-state index is 12.7. The van der Waals surface area contributed by atoms with Gasteiger partial charge < -0.3 is 21.3 Å². The number of nitrogen functional groups attached to an aromatic ring is 1. The van der Waals surface area contributed by atoms with Gasteiger partial charge in [-0.1, -0.05) is 35.5 Å². The predicted molar refractivity (Wildman–Crippen MR) is 130 cm³/mol. The summed E-state index contributed by atoms with van der Waals surface area (Å²) in [4.78, 5) is 26.2. The quantitative estimate of drug-likeness (QED) is 0.342. The molecule has 0 fully saturated rings. The van der Waals surface area contributed by atoms with E-state index in [0.717, 1.165) is 11.1 Å². The molecule has 0 spiro atoms. The molecule has 174 valence electrons. The number of pyridine rings is 1. The van der Waals surface area contributed by atoms with E-state index >= 15 is 0 Å². The highest BCUT2D eigenvalue weighted by Gasteiger charge is 2.31. The third-order valence-corrected chi connectivity index (χ3v) is 5.54. The normalized spacial score (nSPS) is 11.4. The minimum Gasteiger partial charge on any atom is -0.382 e. The Morgan fingerprint density at radius 1 is 1.06 bits per heavy atom. The van der Waals surface area contributed by atoms with Crippen LogP contribution in [-0.4, -0.2) is 39.1 Å². The molecule has 4 rings (SSSR count). The maximum Gasteiger partial charge on any atom is 0.231 e. The fourth-order valence-electron chi connectivity index (χ4n) is 3.42. The van der Waals surface area contributed by atoms with Crippen LogP contribution in [0.1, 0.15) is 26.0 Å². The number of hydrogen-bond donors (Lipinski definition) is 3. The molecule has 0 saturated carbocycles. The molecule has 5 N–H and O–H groups in total. The minimum absolute atomic E-state index is 0.121. The second-order valence-corrected chi connectivity index (χ2v) is 8.38. The van der Waals surface area contributed by atoms with Crippen LogP contribution in [0.4, 0.5) is 5.82 Å². The fraction of sp³-hybridized carbons (Fsp3) is 0.240. The molecule has 0 aliphatic rings. The van der Waals surface area contributed by atoms with E-state index in [0.29, 0.717) is 48.0 Å². The highest BCUT2D eigenvalue weighted by molar-refractivity contribution is 5.87. The Hall–Kier alpha value is -4.11. The molecule has 0 saturated heterocycles. The summed E-state index contributed by atoms with van der Waals surface area (Å²) >= 11 is 0. The molecule has 3 aromatic heterocycles. The van der Waals surface area contributed by atoms with Crippen LogP contribution in [0.3, 0.4) is 0 Å². The van der Waals surface area contributed by atoms with Gasteiger partial charge >= 0.3 is 0 Å². The molecule has 34 heavy (non-hydrogen) atoms. The lowest BCUT2D eigenvalue weighted by molar-refractivity contribution is -0.125. The van der Waals surface area contributed by atoms with Crippen molar-refractivity contribution in [2.24, 2.45) is 5.73 Å². The lowest BCUT2D eigenvalue weighted by Crippen LogP contribution is -2.41. The minimum atomic E-state index is -0.843. The first-order chi connectivity index (χ1) is 16.4. The van der Waals surface area contributed by atoms with Gasteiger partial charge in [0.25, 0.3) is 0 Å². The Balaban J connectivity index is 1.64. The predicted octanol–water partition coefficient (Wildman–Crippen LogP) is 3.19. The average Bonchev–Trinajstić information content (AvgIpc) is 3.35. The van der Waals surface area contributed by atoms with Gasteiger partial charge in [0.15, 0.2) is 17.3 Å². The molecule has 4 aromatic rings. The molecule has 1 amide bonds. The molecule has 9 nitrogen and oxygen atoms in total. The number of nitrogens with zero attached hydrogens (tertiary/aromatic N) is 4. The van der Waals surface area contributed by atoms with Gasteiger partial charge in [-0.25, -0.2) is 9.97 Å². The number of rotatable bonds is 8. The van der Waals surface area contributed by atoms with Gasteiger partial charge in [0, 0.05) is 29.9 Å². The van der Waals surface area contributed by atoms with E-state index in [1.54, 1.807) is 18.5 Å². The van der Waals surface area contributed by atoms with Gasteiger partial charge in [-0.2, -0.15) is 0 Å². The average molecular weight is 458 g/mol. The molecular weight excluding hydrogens is 430 g/mol. The molecule has 0 aliphatic carbocycles. The van der Waals surface area contributed by atoms with Crippen LogP contribution in [0.15, 0.2) is 65.4 Å². The molecule has 0 aliphatic heterocycles. The summed E-state index contributed by atoms with van der Waals surface area (Å²) in [6, 6.07) is 15.1. The van der Waals surface area contributed by atoms with Gasteiger partial charge in [0.2, 0.25) is 5.91 Å². The molecule has 3 heterocycles. The lowest BCUT2D eigenvalue weighted by Gasteiger charge is -2.23. The number of anilines is 1. The zero-order chi connectivity index (χ0) is 24.1. The highest BCUT2D eigenvalue weighted by Crippen LogP contribution is 2.31. The number of aromatic nitrogens is 4. The van der Waals surface area contributed by atoms with E-state index in [2.05, 4.69) is 25.4 Å². The van der Waals surface area contributed by atoms with E-state index in [-0.39, 0.29) is 11.7 Å². The van der Waals surface area contributed by atoms with Crippen molar-refractivity contribution in [3.05, 3.63) is 66.6 Å². The highest BCUT2D eigenvalue weighted by atomic mass is 16.5. The van der Waals surface area contributed by atoms with E-state index < -0.39 is 5.41 Å². The van der Waals surface area contributed by atoms with Crippen molar-refractivity contribution in [2.45, 2.75) is 25.7 Å². The zero-order valence-corrected chi connectivity index (χ0v) is 19.2. The molecule has 9 heteroatoms. The van der Waals surface area contributed by atoms with E-state index in [1.807, 2.05) is 56.3 Å². The molecule has 0 radical (unpaired) electrons. The van der Waals surface area contributed by atoms with Crippen LogP contribution in [0.5, 0.6) is 0 Å². The molecule has 1 aromatic carbocycles. The molecular formula is C25H27N7O2. The van der Waals surface area contributed by atoms with Crippen molar-refractivity contribution in [2.75, 3.05) is 18.8 Å². The lowest BCUT2D eigenvalue weighted by atomic mass is 9.86. The Labute approximate surface area is 197 Å². The Morgan fingerprint density at radius 2 is 1.85 bits per heavy atom. The van der Waals surface area contributed by atoms with Crippen molar-refractivity contribution in [1.29, 1.82) is 0 Å². The molecule has 0 bridgehead atoms. The molecule has 0 unspecified atom stereocenters. The first-order valence-electron chi connectivity index (χ1n) is 11.0. The summed E-state index contributed by atoms with van der Waals surface area (Å²) in [5.74, 6) is 0.526. The largest absolute Gasteiger partial charge is 0.382 e. The zero-order valence-electron chi connectivity index (χ0n) is 19.2. The van der Waals surface area contributed by atoms with Crippen molar-refractivity contribution >= 4 is 11.7 Å². The Kier molecular flexibility index (Phi) is 6.65. The van der Waals surface area contributed by atoms with Crippen LogP contribution in [0, 0.1) is 0 Å². The van der Waals surface area contributed by atoms with Crippen LogP contribution >= 0.6 is 0 Å². The number of nitrogens with two attached hydrogens (primary N) is 2. The third-order valence-electron chi connectivity index (χ3n) is 5.54. The Morgan fingerprint density at radius 3 is 2.62 bits per heavy atom. The van der Waals surface area contributed by atoms with Gasteiger partial charge in [0.1, 0.15) is 5.69 Å². The van der Waals surface area contributed by atoms with Crippen molar-refractivity contribution in [3.8, 4) is 34.0 Å². The van der Waals surface area contributed by atoms with E-state index in [9.17, 15) is 4.79 Å². The van der Waals surface area contributed by atoms with Gasteiger partial charge in [-0.15, -0.1) is 0 Å². The second-order valence-electron chi connectivity index (χ2n) is 8.38. The van der Waals surface area contributed by atoms with Crippen LogP contribution in [0.25, 0.3) is 34.0 Å². The summed E-state index contributed by atoms with van der Waals surface area (Å²) in [6.45, 7) is 4.70. The molecule has 0 atom stereocenters. The van der Waals surface area contributed by atoms with Gasteiger partial charge in [0.05, 0.1) is 23.0 Å². The fourth-order valence-corrected chi connectivity index (χ4v) is 3.42. The maximum absolute atomic E-state index is 12.7. The smallest absolute Gasteiger partial charge is 0.231 e. The number of benzene rings is 1. The number of amides is 1. The van der Waals surface area contributed by atoms with Gasteiger partial charge in [-0.05, 0) is 38.9 Å². The van der Waals surface area contributed by atoms with Crippen molar-refractivity contribution in [1.82, 2.24) is 25.4 Å². The number of nitrogens with one attached hydrogen (secondary N) is 1. The van der Waals surface area contributed by atoms with Crippen LogP contribution in [0.2, 0.25) is 0 Å². The SMILES string of the molecule is CC(C)(C(=O)NCCCN)c1cc(-c2cnc(N)c(-c3cc(-c4ccccc4)no3)n2)ccn1. The van der Waals surface area contributed by atoms with E-state index in [4.69, 9.17) is 16.0 Å². The topological polar surface area (TPSA) is 146 Å². The number of carbonyl (C=O) groups excluding carboxylic acids is 1. The summed E-state index contributed by atoms with van der Waals surface area (Å²) in [6.07, 6.45) is 3.95. The standard InChI is InChI=1S/C25H27N7O2/c1-25(2,24(33)29-11-6-10-26)21-13-17(9-12-28-21)19-15-30-23(27)22(31-19)20-14-18(32-34-20)16-7-4-3-5-8-16/h3-5,7-9,12-15H,6,10-11,26H2,1-2H3,(H2,27,30)(H,29,33). The van der Waals surface area contributed by atoms with Crippen molar-refractivity contribution in [3.63, 3.8) is 0 Å². The first kappa shape index (κ1) is 23.1. The summed E-state index contributed by atoms with van der Waals surface area (Å²) in [5, 5.41) is 7.05. The second kappa shape index (κ2) is 9.80. The first-order valence-corrected chi connectivity index (χ1v) is 11.0. The van der Waals surface area contributed by atoms with Gasteiger partial charge in [-0.3, -0.25) is 9.78 Å². The summed E-state index contributed by atoms with van der Waals surface area (Å²) in [5.41, 5.74) is 14.7. The Bertz CT molecular complexity index is 1290. The van der Waals surface area contributed by atoms with Crippen LogP contribution in [-0.2, 0) is 10.2 Å². The van der Waals surface area contributed by atoms with E-state index in [1.165, 1.54) is 0 Å². The number of hydrogen-bond acceptors (Lipinski definition) is 8. The summed E-state index contributed by atoms with van der Waals surface area (Å²) < 4.78 is 5.53. The summed E-state index contributed by atoms with van der Waals surface area (Å²) in [7, 11) is 0. The third kappa shape index (κ3) is 4.79. The number of carbonyl (C=O) groups is 1.